The summed E-state index contributed by atoms with van der Waals surface area (Å²) in [5.41, 5.74) is 3.60. The van der Waals surface area contributed by atoms with Gasteiger partial charge >= 0.3 is 0 Å². The highest BCUT2D eigenvalue weighted by atomic mass is 32.2. The lowest BCUT2D eigenvalue weighted by atomic mass is 9.99. The van der Waals surface area contributed by atoms with Gasteiger partial charge in [0.1, 0.15) is 0 Å². The minimum atomic E-state index is 0.375. The van der Waals surface area contributed by atoms with Crippen molar-refractivity contribution in [3.05, 3.63) is 58.1 Å². The zero-order valence-electron chi connectivity index (χ0n) is 12.3. The van der Waals surface area contributed by atoms with Gasteiger partial charge in [0.05, 0.1) is 21.6 Å². The Morgan fingerprint density at radius 1 is 1.09 bits per heavy atom. The first-order chi connectivity index (χ1) is 10.9. The molecule has 2 aliphatic rings. The molecule has 3 nitrogen and oxygen atoms in total. The average molecular weight is 329 g/mol. The third-order valence-corrected chi connectivity index (χ3v) is 6.24. The molecule has 2 aromatic rings. The maximum Gasteiger partial charge on any atom is 0.0979 e. The molecule has 0 amide bonds. The zero-order valence-corrected chi connectivity index (χ0v) is 13.9. The van der Waals surface area contributed by atoms with Crippen LogP contribution in [0.3, 0.4) is 0 Å². The van der Waals surface area contributed by atoms with E-state index in [0.717, 1.165) is 24.5 Å². The highest BCUT2D eigenvalue weighted by Gasteiger charge is 2.23. The van der Waals surface area contributed by atoms with Crippen LogP contribution < -0.4 is 10.0 Å². The average Bonchev–Trinajstić information content (AvgIpc) is 3.26. The molecule has 0 saturated carbocycles. The maximum absolute atomic E-state index is 4.89. The highest BCUT2D eigenvalue weighted by molar-refractivity contribution is 7.98. The number of nitrogens with zero attached hydrogens (tertiary/aromatic N) is 1. The van der Waals surface area contributed by atoms with Crippen LogP contribution in [0.4, 0.5) is 0 Å². The number of aromatic nitrogens is 1. The molecular formula is C17H19N3S2. The third kappa shape index (κ3) is 2.93. The topological polar surface area (TPSA) is 37.0 Å². The molecule has 2 N–H and O–H groups in total. The summed E-state index contributed by atoms with van der Waals surface area (Å²) >= 11 is 3.57. The van der Waals surface area contributed by atoms with E-state index < -0.39 is 0 Å². The Labute approximate surface area is 139 Å². The summed E-state index contributed by atoms with van der Waals surface area (Å²) in [6.07, 6.45) is 4.71. The number of thiazole rings is 1. The van der Waals surface area contributed by atoms with E-state index >= 15 is 0 Å². The summed E-state index contributed by atoms with van der Waals surface area (Å²) < 4.78 is 3.45. The Morgan fingerprint density at radius 3 is 2.73 bits per heavy atom. The Morgan fingerprint density at radius 2 is 1.91 bits per heavy atom. The van der Waals surface area contributed by atoms with Crippen molar-refractivity contribution >= 4 is 29.0 Å². The van der Waals surface area contributed by atoms with Crippen molar-refractivity contribution in [2.45, 2.75) is 24.0 Å². The molecule has 1 atom stereocenters. The van der Waals surface area contributed by atoms with E-state index in [0.29, 0.717) is 11.2 Å². The minimum Gasteiger partial charge on any atom is -0.327 e. The second kappa shape index (κ2) is 6.44. The molecule has 114 valence electrons. The smallest absolute Gasteiger partial charge is 0.0979 e. The predicted octanol–water partition coefficient (Wildman–Crippen LogP) is 3.94. The Balaban J connectivity index is 1.52. The summed E-state index contributed by atoms with van der Waals surface area (Å²) in [5, 5.41) is 7.29. The van der Waals surface area contributed by atoms with Crippen LogP contribution in [0.5, 0.6) is 0 Å². The van der Waals surface area contributed by atoms with Gasteiger partial charge in [-0.15, -0.1) is 11.3 Å². The van der Waals surface area contributed by atoms with Crippen LogP contribution in [0.15, 0.2) is 41.8 Å². The fourth-order valence-corrected chi connectivity index (χ4v) is 4.87. The van der Waals surface area contributed by atoms with Gasteiger partial charge < -0.3 is 10.0 Å². The second-order valence-corrected chi connectivity index (χ2v) is 7.56. The Kier molecular flexibility index (Phi) is 4.19. The van der Waals surface area contributed by atoms with Crippen LogP contribution in [-0.4, -0.2) is 18.1 Å². The molecule has 1 fully saturated rings. The van der Waals surface area contributed by atoms with Gasteiger partial charge in [0.15, 0.2) is 0 Å². The van der Waals surface area contributed by atoms with E-state index in [1.807, 2.05) is 11.3 Å². The standard InChI is InChI=1S/C17H19N3S2/c1-2-4-12(5-3-1)16-10-14(20-22-16)15-11-21-17(19-15)13-6-8-18-9-7-13/h1-5,10-11,13,16,18,20H,6-9H2. The molecule has 3 heterocycles. The molecular weight excluding hydrogens is 310 g/mol. The third-order valence-electron chi connectivity index (χ3n) is 4.23. The van der Waals surface area contributed by atoms with E-state index in [2.05, 4.69) is 51.8 Å². The fraction of sp³-hybridized carbons (Fsp3) is 0.353. The number of rotatable bonds is 3. The summed E-state index contributed by atoms with van der Waals surface area (Å²) in [5.74, 6) is 0.638. The van der Waals surface area contributed by atoms with Crippen molar-refractivity contribution in [2.75, 3.05) is 13.1 Å². The number of hydrogen-bond donors (Lipinski definition) is 2. The highest BCUT2D eigenvalue weighted by Crippen LogP contribution is 2.38. The van der Waals surface area contributed by atoms with E-state index in [-0.39, 0.29) is 0 Å². The number of piperidine rings is 1. The van der Waals surface area contributed by atoms with Gasteiger partial charge in [0, 0.05) is 11.3 Å². The van der Waals surface area contributed by atoms with Crippen LogP contribution in [0.2, 0.25) is 0 Å². The van der Waals surface area contributed by atoms with Crippen molar-refractivity contribution < 1.29 is 0 Å². The van der Waals surface area contributed by atoms with Crippen LogP contribution in [-0.2, 0) is 0 Å². The summed E-state index contributed by atoms with van der Waals surface area (Å²) in [6.45, 7) is 2.24. The van der Waals surface area contributed by atoms with Crippen molar-refractivity contribution in [3.63, 3.8) is 0 Å². The first kappa shape index (κ1) is 14.3. The van der Waals surface area contributed by atoms with Gasteiger partial charge in [-0.2, -0.15) is 0 Å². The van der Waals surface area contributed by atoms with E-state index in [1.54, 1.807) is 11.9 Å². The van der Waals surface area contributed by atoms with Crippen LogP contribution in [0.1, 0.15) is 40.3 Å². The van der Waals surface area contributed by atoms with Crippen molar-refractivity contribution in [1.82, 2.24) is 15.0 Å². The van der Waals surface area contributed by atoms with E-state index in [4.69, 9.17) is 4.98 Å². The van der Waals surface area contributed by atoms with Crippen molar-refractivity contribution in [2.24, 2.45) is 0 Å². The normalized spacial score (nSPS) is 22.4. The number of benzene rings is 1. The number of hydrogen-bond acceptors (Lipinski definition) is 5. The number of nitrogens with one attached hydrogen (secondary N) is 2. The lowest BCUT2D eigenvalue weighted by molar-refractivity contribution is 0.459. The van der Waals surface area contributed by atoms with Gasteiger partial charge in [-0.3, -0.25) is 0 Å². The molecule has 5 heteroatoms. The lowest BCUT2D eigenvalue weighted by Gasteiger charge is -2.20. The quantitative estimate of drug-likeness (QED) is 0.836. The molecule has 1 aromatic heterocycles. The van der Waals surface area contributed by atoms with Crippen LogP contribution in [0.25, 0.3) is 5.70 Å². The Bertz CT molecular complexity index is 660. The molecule has 1 saturated heterocycles. The molecule has 1 unspecified atom stereocenters. The summed E-state index contributed by atoms with van der Waals surface area (Å²) in [4.78, 5) is 4.89. The van der Waals surface area contributed by atoms with E-state index in [9.17, 15) is 0 Å². The zero-order chi connectivity index (χ0) is 14.8. The van der Waals surface area contributed by atoms with Crippen LogP contribution in [0, 0.1) is 0 Å². The van der Waals surface area contributed by atoms with Gasteiger partial charge in [-0.05, 0) is 49.5 Å². The van der Waals surface area contributed by atoms with Gasteiger partial charge in [0.25, 0.3) is 0 Å². The first-order valence-corrected chi connectivity index (χ1v) is 9.51. The van der Waals surface area contributed by atoms with Gasteiger partial charge in [0.2, 0.25) is 0 Å². The molecule has 0 aliphatic carbocycles. The molecule has 1 aromatic carbocycles. The maximum atomic E-state index is 4.89. The second-order valence-electron chi connectivity index (χ2n) is 5.73. The molecule has 0 radical (unpaired) electrons. The fourth-order valence-electron chi connectivity index (χ4n) is 2.96. The Hall–Kier alpha value is -1.30. The largest absolute Gasteiger partial charge is 0.327 e. The summed E-state index contributed by atoms with van der Waals surface area (Å²) in [7, 11) is 0. The monoisotopic (exact) mass is 329 g/mol. The molecule has 2 aliphatic heterocycles. The molecule has 0 bridgehead atoms. The minimum absolute atomic E-state index is 0.375. The predicted molar refractivity (Wildman–Crippen MR) is 94.8 cm³/mol. The SMILES string of the molecule is C1=C(c2csc(C3CCNCC3)n2)NSC1c1ccccc1. The first-order valence-electron chi connectivity index (χ1n) is 7.75. The van der Waals surface area contributed by atoms with Crippen molar-refractivity contribution in [1.29, 1.82) is 0 Å². The molecule has 4 rings (SSSR count). The summed E-state index contributed by atoms with van der Waals surface area (Å²) in [6, 6.07) is 10.6. The van der Waals surface area contributed by atoms with E-state index in [1.165, 1.54) is 23.4 Å². The van der Waals surface area contributed by atoms with Gasteiger partial charge in [-0.25, -0.2) is 4.98 Å². The van der Waals surface area contributed by atoms with Crippen LogP contribution >= 0.6 is 23.3 Å². The molecule has 0 spiro atoms. The molecule has 22 heavy (non-hydrogen) atoms. The lowest BCUT2D eigenvalue weighted by Crippen LogP contribution is -2.26. The van der Waals surface area contributed by atoms with Crippen molar-refractivity contribution in [3.8, 4) is 0 Å². The van der Waals surface area contributed by atoms with Gasteiger partial charge in [-0.1, -0.05) is 30.3 Å².